The van der Waals surface area contributed by atoms with E-state index >= 15 is 0 Å². The fourth-order valence-corrected chi connectivity index (χ4v) is 2.34. The zero-order valence-corrected chi connectivity index (χ0v) is 13.4. The summed E-state index contributed by atoms with van der Waals surface area (Å²) in [5, 5.41) is 10.5. The van der Waals surface area contributed by atoms with Crippen molar-refractivity contribution in [1.29, 1.82) is 0 Å². The van der Waals surface area contributed by atoms with E-state index in [1.54, 1.807) is 12.1 Å². The van der Waals surface area contributed by atoms with Crippen molar-refractivity contribution >= 4 is 28.9 Å². The molecule has 0 bridgehead atoms. The summed E-state index contributed by atoms with van der Waals surface area (Å²) in [6.45, 7) is 3.23. The van der Waals surface area contributed by atoms with Crippen LogP contribution in [-0.4, -0.2) is 47.8 Å². The Bertz CT molecular complexity index is 409. The highest BCUT2D eigenvalue weighted by Gasteiger charge is 2.05. The predicted molar refractivity (Wildman–Crippen MR) is 85.7 cm³/mol. The van der Waals surface area contributed by atoms with Crippen LogP contribution in [0.3, 0.4) is 0 Å². The van der Waals surface area contributed by atoms with E-state index in [2.05, 4.69) is 4.90 Å². The summed E-state index contributed by atoms with van der Waals surface area (Å²) in [7, 11) is 0. The number of alkyl halides is 2. The van der Waals surface area contributed by atoms with E-state index in [1.807, 2.05) is 0 Å². The van der Waals surface area contributed by atoms with Gasteiger partial charge < -0.3 is 9.64 Å². The maximum atomic E-state index is 10.5. The number of benzene rings is 1. The number of hydrogen-bond donors (Lipinski definition) is 0. The van der Waals surface area contributed by atoms with Gasteiger partial charge in [-0.1, -0.05) is 0 Å². The van der Waals surface area contributed by atoms with Crippen LogP contribution in [-0.2, 0) is 0 Å². The second kappa shape index (κ2) is 10.7. The van der Waals surface area contributed by atoms with Crippen molar-refractivity contribution in [3.8, 4) is 5.75 Å². The third kappa shape index (κ3) is 7.50. The summed E-state index contributed by atoms with van der Waals surface area (Å²) >= 11 is 11.5. The first kappa shape index (κ1) is 18.0. The second-order valence-electron chi connectivity index (χ2n) is 4.53. The monoisotopic (exact) mass is 334 g/mol. The van der Waals surface area contributed by atoms with Gasteiger partial charge >= 0.3 is 0 Å². The van der Waals surface area contributed by atoms with Crippen LogP contribution in [0.4, 0.5) is 5.69 Å². The summed E-state index contributed by atoms with van der Waals surface area (Å²) in [4.78, 5) is 12.3. The van der Waals surface area contributed by atoms with Crippen LogP contribution in [0.15, 0.2) is 24.3 Å². The van der Waals surface area contributed by atoms with Crippen molar-refractivity contribution in [3.05, 3.63) is 34.4 Å². The number of halogens is 2. The number of non-ortho nitro benzene ring substituents is 1. The smallest absolute Gasteiger partial charge is 0.269 e. The Morgan fingerprint density at radius 1 is 1.05 bits per heavy atom. The van der Waals surface area contributed by atoms with E-state index in [-0.39, 0.29) is 5.69 Å². The van der Waals surface area contributed by atoms with E-state index < -0.39 is 4.92 Å². The lowest BCUT2D eigenvalue weighted by molar-refractivity contribution is -0.384. The van der Waals surface area contributed by atoms with Crippen molar-refractivity contribution < 1.29 is 9.66 Å². The molecule has 118 valence electrons. The minimum absolute atomic E-state index is 0.0696. The predicted octanol–water partition coefficient (Wildman–Crippen LogP) is 3.53. The molecule has 7 heteroatoms. The van der Waals surface area contributed by atoms with Crippen LogP contribution in [0.5, 0.6) is 5.75 Å². The fraction of sp³-hybridized carbons (Fsp3) is 0.571. The van der Waals surface area contributed by atoms with Gasteiger partial charge in [0, 0.05) is 37.0 Å². The topological polar surface area (TPSA) is 55.6 Å². The molecule has 0 aliphatic carbocycles. The van der Waals surface area contributed by atoms with Gasteiger partial charge in [0.05, 0.1) is 11.5 Å². The van der Waals surface area contributed by atoms with Crippen molar-refractivity contribution in [2.45, 2.75) is 12.8 Å². The molecular weight excluding hydrogens is 315 g/mol. The van der Waals surface area contributed by atoms with Gasteiger partial charge in [0.2, 0.25) is 0 Å². The zero-order chi connectivity index (χ0) is 15.5. The fourth-order valence-electron chi connectivity index (χ4n) is 1.87. The highest BCUT2D eigenvalue weighted by Crippen LogP contribution is 2.17. The average Bonchev–Trinajstić information content (AvgIpc) is 2.47. The van der Waals surface area contributed by atoms with E-state index in [0.29, 0.717) is 24.1 Å². The van der Waals surface area contributed by atoms with Crippen molar-refractivity contribution in [1.82, 2.24) is 4.90 Å². The number of hydrogen-bond acceptors (Lipinski definition) is 4. The highest BCUT2D eigenvalue weighted by molar-refractivity contribution is 6.18. The van der Waals surface area contributed by atoms with E-state index in [0.717, 1.165) is 32.5 Å². The van der Waals surface area contributed by atoms with Gasteiger partial charge in [0.1, 0.15) is 5.75 Å². The number of ether oxygens (including phenoxy) is 1. The minimum Gasteiger partial charge on any atom is -0.494 e. The number of unbranched alkanes of at least 4 members (excludes halogenated alkanes) is 1. The molecule has 21 heavy (non-hydrogen) atoms. The van der Waals surface area contributed by atoms with Crippen molar-refractivity contribution in [2.75, 3.05) is 38.0 Å². The van der Waals surface area contributed by atoms with Gasteiger partial charge in [-0.05, 0) is 31.5 Å². The standard InChI is InChI=1S/C14H20Cl2N2O3/c15-7-10-17(11-8-16)9-1-2-12-21-14-5-3-13(4-6-14)18(19)20/h3-6H,1-2,7-12H2. The Labute approximate surface area is 134 Å². The molecule has 0 heterocycles. The largest absolute Gasteiger partial charge is 0.494 e. The van der Waals surface area contributed by atoms with Crippen molar-refractivity contribution in [3.63, 3.8) is 0 Å². The molecule has 0 saturated heterocycles. The second-order valence-corrected chi connectivity index (χ2v) is 5.28. The molecule has 0 radical (unpaired) electrons. The summed E-state index contributed by atoms with van der Waals surface area (Å²) < 4.78 is 5.55. The molecule has 0 aliphatic heterocycles. The number of nitro benzene ring substituents is 1. The molecule has 1 rings (SSSR count). The van der Waals surface area contributed by atoms with Gasteiger partial charge in [0.25, 0.3) is 5.69 Å². The van der Waals surface area contributed by atoms with Crippen LogP contribution >= 0.6 is 23.2 Å². The lowest BCUT2D eigenvalue weighted by Crippen LogP contribution is -2.29. The SMILES string of the molecule is O=[N+]([O-])c1ccc(OCCCCN(CCCl)CCCl)cc1. The maximum absolute atomic E-state index is 10.5. The Balaban J connectivity index is 2.19. The molecule has 0 amide bonds. The molecule has 1 aromatic carbocycles. The first-order valence-electron chi connectivity index (χ1n) is 6.89. The quantitative estimate of drug-likeness (QED) is 0.269. The van der Waals surface area contributed by atoms with Crippen LogP contribution in [0.2, 0.25) is 0 Å². The first-order valence-corrected chi connectivity index (χ1v) is 7.96. The molecule has 0 atom stereocenters. The van der Waals surface area contributed by atoms with E-state index in [4.69, 9.17) is 27.9 Å². The van der Waals surface area contributed by atoms with Crippen LogP contribution in [0.25, 0.3) is 0 Å². The molecule has 0 aromatic heterocycles. The molecule has 0 aliphatic rings. The third-order valence-electron chi connectivity index (χ3n) is 2.99. The lowest BCUT2D eigenvalue weighted by Gasteiger charge is -2.19. The van der Waals surface area contributed by atoms with Gasteiger partial charge in [-0.25, -0.2) is 0 Å². The lowest BCUT2D eigenvalue weighted by atomic mass is 10.3. The summed E-state index contributed by atoms with van der Waals surface area (Å²) in [5.41, 5.74) is 0.0696. The van der Waals surface area contributed by atoms with Gasteiger partial charge in [0.15, 0.2) is 0 Å². The number of nitrogens with zero attached hydrogens (tertiary/aromatic N) is 2. The number of rotatable bonds is 11. The normalized spacial score (nSPS) is 10.8. The molecule has 0 saturated carbocycles. The first-order chi connectivity index (χ1) is 10.2. The van der Waals surface area contributed by atoms with E-state index in [9.17, 15) is 10.1 Å². The van der Waals surface area contributed by atoms with Gasteiger partial charge in [-0.15, -0.1) is 23.2 Å². The van der Waals surface area contributed by atoms with Gasteiger partial charge in [-0.2, -0.15) is 0 Å². The highest BCUT2D eigenvalue weighted by atomic mass is 35.5. The molecule has 0 spiro atoms. The minimum atomic E-state index is -0.424. The van der Waals surface area contributed by atoms with Crippen molar-refractivity contribution in [2.24, 2.45) is 0 Å². The molecular formula is C14H20Cl2N2O3. The Kier molecular flexibility index (Phi) is 9.14. The molecule has 0 N–H and O–H groups in total. The average molecular weight is 335 g/mol. The molecule has 1 aromatic rings. The van der Waals surface area contributed by atoms with Crippen LogP contribution < -0.4 is 4.74 Å². The number of nitro groups is 1. The summed E-state index contributed by atoms with van der Waals surface area (Å²) in [5.74, 6) is 1.87. The van der Waals surface area contributed by atoms with Gasteiger partial charge in [-0.3, -0.25) is 10.1 Å². The van der Waals surface area contributed by atoms with Crippen LogP contribution in [0, 0.1) is 10.1 Å². The summed E-state index contributed by atoms with van der Waals surface area (Å²) in [6, 6.07) is 6.12. The third-order valence-corrected chi connectivity index (χ3v) is 3.32. The van der Waals surface area contributed by atoms with Crippen LogP contribution in [0.1, 0.15) is 12.8 Å². The maximum Gasteiger partial charge on any atom is 0.269 e. The zero-order valence-electron chi connectivity index (χ0n) is 11.8. The molecule has 5 nitrogen and oxygen atoms in total. The Hall–Kier alpha value is -1.04. The Morgan fingerprint density at radius 3 is 2.19 bits per heavy atom. The van der Waals surface area contributed by atoms with E-state index in [1.165, 1.54) is 12.1 Å². The molecule has 0 unspecified atom stereocenters. The summed E-state index contributed by atoms with van der Waals surface area (Å²) in [6.07, 6.45) is 1.92. The molecule has 0 fully saturated rings. The Morgan fingerprint density at radius 2 is 1.67 bits per heavy atom.